The number of methoxy groups -OCH3 is 1. The quantitative estimate of drug-likeness (QED) is 0.220. The van der Waals surface area contributed by atoms with Crippen molar-refractivity contribution in [2.45, 2.75) is 24.2 Å². The van der Waals surface area contributed by atoms with Gasteiger partial charge in [0.05, 0.1) is 30.3 Å². The van der Waals surface area contributed by atoms with E-state index in [2.05, 4.69) is 15.3 Å². The smallest absolute Gasteiger partial charge is 0.328 e. The molecule has 4 aromatic rings. The number of ether oxygens (including phenoxy) is 1. The minimum atomic E-state index is -0.822. The zero-order valence-electron chi connectivity index (χ0n) is 19.1. The van der Waals surface area contributed by atoms with Crippen molar-refractivity contribution in [1.82, 2.24) is 19.9 Å². The molecule has 0 aliphatic carbocycles. The summed E-state index contributed by atoms with van der Waals surface area (Å²) in [6.07, 6.45) is 3.66. The zero-order valence-corrected chi connectivity index (χ0v) is 19.9. The topological polar surface area (TPSA) is 103 Å². The van der Waals surface area contributed by atoms with Gasteiger partial charge in [-0.1, -0.05) is 60.3 Å². The summed E-state index contributed by atoms with van der Waals surface area (Å²) < 4.78 is 6.41. The number of fused-ring (bicyclic) bond motifs is 1. The molecule has 0 aliphatic rings. The number of nitrogens with zero attached hydrogens (tertiary/aromatic N) is 3. The average Bonchev–Trinajstić information content (AvgIpc) is 2.89. The molecule has 0 bridgehead atoms. The number of carbonyl (C=O) groups is 2. The summed E-state index contributed by atoms with van der Waals surface area (Å²) in [5.41, 5.74) is 2.10. The second-order valence-corrected chi connectivity index (χ2v) is 8.73. The van der Waals surface area contributed by atoms with Crippen molar-refractivity contribution < 1.29 is 14.3 Å². The first-order valence-electron chi connectivity index (χ1n) is 11.0. The Morgan fingerprint density at radius 3 is 2.51 bits per heavy atom. The van der Waals surface area contributed by atoms with Crippen LogP contribution in [0, 0.1) is 0 Å². The highest BCUT2D eigenvalue weighted by molar-refractivity contribution is 7.99. The number of amides is 1. The van der Waals surface area contributed by atoms with Gasteiger partial charge in [-0.05, 0) is 29.3 Å². The lowest BCUT2D eigenvalue weighted by Crippen LogP contribution is -2.43. The van der Waals surface area contributed by atoms with Crippen molar-refractivity contribution >= 4 is 34.5 Å². The molecule has 35 heavy (non-hydrogen) atoms. The second-order valence-electron chi connectivity index (χ2n) is 7.79. The highest BCUT2D eigenvalue weighted by Gasteiger charge is 2.22. The molecule has 1 N–H and O–H groups in total. The number of hydrogen-bond acceptors (Lipinski definition) is 7. The number of hydrogen-bond donors (Lipinski definition) is 1. The van der Waals surface area contributed by atoms with Crippen LogP contribution in [0.15, 0.2) is 89.1 Å². The van der Waals surface area contributed by atoms with Crippen LogP contribution in [0.4, 0.5) is 0 Å². The van der Waals surface area contributed by atoms with E-state index in [0.29, 0.717) is 22.5 Å². The summed E-state index contributed by atoms with van der Waals surface area (Å²) in [5, 5.41) is 3.65. The highest BCUT2D eigenvalue weighted by atomic mass is 32.2. The van der Waals surface area contributed by atoms with Gasteiger partial charge in [-0.3, -0.25) is 19.1 Å². The van der Waals surface area contributed by atoms with E-state index in [0.717, 1.165) is 22.9 Å². The van der Waals surface area contributed by atoms with Gasteiger partial charge in [-0.2, -0.15) is 0 Å². The Morgan fingerprint density at radius 1 is 1.03 bits per heavy atom. The van der Waals surface area contributed by atoms with Crippen LogP contribution in [0.2, 0.25) is 0 Å². The second kappa shape index (κ2) is 11.4. The lowest BCUT2D eigenvalue weighted by atomic mass is 10.1. The molecule has 1 amide bonds. The SMILES string of the molecule is COC(=O)[C@@H](Cc1ccccc1)NC(=O)CSc1nc2ccccc2c(=O)n1Cc1cccnc1. The van der Waals surface area contributed by atoms with Crippen molar-refractivity contribution in [3.05, 3.63) is 101 Å². The molecule has 2 aromatic carbocycles. The van der Waals surface area contributed by atoms with E-state index in [1.807, 2.05) is 42.5 Å². The molecule has 0 unspecified atom stereocenters. The maximum atomic E-state index is 13.2. The molecule has 1 atom stereocenters. The monoisotopic (exact) mass is 488 g/mol. The van der Waals surface area contributed by atoms with E-state index in [9.17, 15) is 14.4 Å². The first-order chi connectivity index (χ1) is 17.0. The van der Waals surface area contributed by atoms with Crippen LogP contribution in [0.3, 0.4) is 0 Å². The van der Waals surface area contributed by atoms with Crippen molar-refractivity contribution in [1.29, 1.82) is 0 Å². The van der Waals surface area contributed by atoms with Crippen LogP contribution in [-0.2, 0) is 27.3 Å². The van der Waals surface area contributed by atoms with Crippen molar-refractivity contribution in [2.24, 2.45) is 0 Å². The Morgan fingerprint density at radius 2 is 1.77 bits per heavy atom. The number of aromatic nitrogens is 3. The van der Waals surface area contributed by atoms with Gasteiger partial charge in [-0.15, -0.1) is 0 Å². The van der Waals surface area contributed by atoms with Gasteiger partial charge in [-0.25, -0.2) is 9.78 Å². The van der Waals surface area contributed by atoms with Crippen LogP contribution in [0.25, 0.3) is 10.9 Å². The molecular formula is C26H24N4O4S. The molecule has 0 radical (unpaired) electrons. The zero-order chi connectivity index (χ0) is 24.6. The fraction of sp³-hybridized carbons (Fsp3) is 0.192. The molecule has 9 heteroatoms. The van der Waals surface area contributed by atoms with Crippen LogP contribution in [0.5, 0.6) is 0 Å². The molecule has 4 rings (SSSR count). The predicted molar refractivity (Wildman–Crippen MR) is 134 cm³/mol. The molecule has 0 saturated heterocycles. The summed E-state index contributed by atoms with van der Waals surface area (Å²) in [6, 6.07) is 19.3. The lowest BCUT2D eigenvalue weighted by molar-refractivity contribution is -0.144. The van der Waals surface area contributed by atoms with Gasteiger partial charge in [0.25, 0.3) is 5.56 Å². The standard InChI is InChI=1S/C26H24N4O4S/c1-34-25(33)22(14-18-8-3-2-4-9-18)28-23(31)17-35-26-29-21-12-6-5-11-20(21)24(32)30(26)16-19-10-7-13-27-15-19/h2-13,15,22H,14,16-17H2,1H3,(H,28,31)/t22-/m1/s1. The normalized spacial score (nSPS) is 11.7. The molecule has 0 spiro atoms. The van der Waals surface area contributed by atoms with Gasteiger partial charge < -0.3 is 10.1 Å². The minimum Gasteiger partial charge on any atom is -0.467 e. The average molecular weight is 489 g/mol. The van der Waals surface area contributed by atoms with E-state index in [4.69, 9.17) is 4.74 Å². The molecule has 0 saturated carbocycles. The number of carbonyl (C=O) groups excluding carboxylic acids is 2. The van der Waals surface area contributed by atoms with Crippen LogP contribution in [0.1, 0.15) is 11.1 Å². The highest BCUT2D eigenvalue weighted by Crippen LogP contribution is 2.19. The third-order valence-corrected chi connectivity index (χ3v) is 6.30. The molecule has 0 fully saturated rings. The van der Waals surface area contributed by atoms with Gasteiger partial charge in [0, 0.05) is 18.8 Å². The predicted octanol–water partition coefficient (Wildman–Crippen LogP) is 2.83. The maximum Gasteiger partial charge on any atom is 0.328 e. The molecule has 178 valence electrons. The third-order valence-electron chi connectivity index (χ3n) is 5.33. The first-order valence-corrected chi connectivity index (χ1v) is 12.0. The number of nitrogens with one attached hydrogen (secondary N) is 1. The number of thioether (sulfide) groups is 1. The minimum absolute atomic E-state index is 0.0277. The maximum absolute atomic E-state index is 13.2. The summed E-state index contributed by atoms with van der Waals surface area (Å²) in [6.45, 7) is 0.271. The van der Waals surface area contributed by atoms with E-state index in [1.165, 1.54) is 7.11 Å². The van der Waals surface area contributed by atoms with E-state index >= 15 is 0 Å². The van der Waals surface area contributed by atoms with Gasteiger partial charge in [0.2, 0.25) is 5.91 Å². The number of pyridine rings is 1. The number of para-hydroxylation sites is 1. The van der Waals surface area contributed by atoms with Crippen LogP contribution < -0.4 is 10.9 Å². The summed E-state index contributed by atoms with van der Waals surface area (Å²) in [5.74, 6) is -0.915. The van der Waals surface area contributed by atoms with Gasteiger partial charge in [0.1, 0.15) is 6.04 Å². The number of esters is 1. The summed E-state index contributed by atoms with van der Waals surface area (Å²) in [4.78, 5) is 47.0. The first kappa shape index (κ1) is 24.2. The van der Waals surface area contributed by atoms with E-state index in [-0.39, 0.29) is 23.8 Å². The van der Waals surface area contributed by atoms with E-state index in [1.54, 1.807) is 41.2 Å². The van der Waals surface area contributed by atoms with Gasteiger partial charge in [0.15, 0.2) is 5.16 Å². The summed E-state index contributed by atoms with van der Waals surface area (Å²) >= 11 is 1.14. The van der Waals surface area contributed by atoms with Crippen LogP contribution >= 0.6 is 11.8 Å². The Hall–Kier alpha value is -3.98. The largest absolute Gasteiger partial charge is 0.467 e. The van der Waals surface area contributed by atoms with Crippen molar-refractivity contribution in [2.75, 3.05) is 12.9 Å². The summed E-state index contributed by atoms with van der Waals surface area (Å²) in [7, 11) is 1.29. The number of rotatable bonds is 9. The number of benzene rings is 2. The Kier molecular flexibility index (Phi) is 7.89. The van der Waals surface area contributed by atoms with Gasteiger partial charge >= 0.3 is 5.97 Å². The third kappa shape index (κ3) is 6.13. The molecule has 0 aliphatic heterocycles. The Bertz CT molecular complexity index is 1380. The molecule has 2 aromatic heterocycles. The molecular weight excluding hydrogens is 464 g/mol. The van der Waals surface area contributed by atoms with E-state index < -0.39 is 12.0 Å². The van der Waals surface area contributed by atoms with Crippen molar-refractivity contribution in [3.63, 3.8) is 0 Å². The van der Waals surface area contributed by atoms with Crippen LogP contribution in [-0.4, -0.2) is 45.3 Å². The lowest BCUT2D eigenvalue weighted by Gasteiger charge is -2.17. The van der Waals surface area contributed by atoms with Crippen molar-refractivity contribution in [3.8, 4) is 0 Å². The fourth-order valence-electron chi connectivity index (χ4n) is 3.62. The molecule has 8 nitrogen and oxygen atoms in total. The Labute approximate surface area is 206 Å². The fourth-order valence-corrected chi connectivity index (χ4v) is 4.43. The molecule has 2 heterocycles. The Balaban J connectivity index is 1.54.